The maximum absolute atomic E-state index is 5.77. The van der Waals surface area contributed by atoms with Crippen molar-refractivity contribution in [3.8, 4) is 0 Å². The van der Waals surface area contributed by atoms with Gasteiger partial charge in [-0.05, 0) is 36.6 Å². The minimum absolute atomic E-state index is 0.437. The fraction of sp³-hybridized carbons (Fsp3) is 1.00. The summed E-state index contributed by atoms with van der Waals surface area (Å²) in [5.74, 6) is 1.74. The summed E-state index contributed by atoms with van der Waals surface area (Å²) in [6.07, 6.45) is 4.07. The number of nitrogens with two attached hydrogens (primary N) is 1. The summed E-state index contributed by atoms with van der Waals surface area (Å²) in [5.41, 5.74) is 6.21. The van der Waals surface area contributed by atoms with E-state index in [-0.39, 0.29) is 0 Å². The number of hydrogen-bond donors (Lipinski definition) is 1. The quantitative estimate of drug-likeness (QED) is 0.618. The van der Waals surface area contributed by atoms with E-state index >= 15 is 0 Å². The van der Waals surface area contributed by atoms with Gasteiger partial charge in [0.15, 0.2) is 0 Å². The van der Waals surface area contributed by atoms with E-state index in [2.05, 4.69) is 20.8 Å². The zero-order valence-electron chi connectivity index (χ0n) is 8.06. The van der Waals surface area contributed by atoms with Crippen LogP contribution in [0.5, 0.6) is 0 Å². The van der Waals surface area contributed by atoms with Gasteiger partial charge < -0.3 is 5.73 Å². The van der Waals surface area contributed by atoms with Crippen molar-refractivity contribution < 1.29 is 0 Å². The minimum atomic E-state index is 0.437. The molecule has 1 aliphatic rings. The predicted molar refractivity (Wildman–Crippen MR) is 49.3 cm³/mol. The van der Waals surface area contributed by atoms with Gasteiger partial charge in [0.25, 0.3) is 0 Å². The number of rotatable bonds is 1. The van der Waals surface area contributed by atoms with Crippen LogP contribution in [0.15, 0.2) is 0 Å². The largest absolute Gasteiger partial charge is 0.330 e. The smallest absolute Gasteiger partial charge is 0.00206 e. The van der Waals surface area contributed by atoms with Crippen molar-refractivity contribution in [2.75, 3.05) is 6.54 Å². The van der Waals surface area contributed by atoms with E-state index in [4.69, 9.17) is 5.73 Å². The molecule has 1 nitrogen and oxygen atoms in total. The van der Waals surface area contributed by atoms with Crippen LogP contribution >= 0.6 is 0 Å². The highest BCUT2D eigenvalue weighted by atomic mass is 14.6. The summed E-state index contributed by atoms with van der Waals surface area (Å²) in [5, 5.41) is 0. The molecule has 66 valence electrons. The molecule has 0 aromatic rings. The lowest BCUT2D eigenvalue weighted by atomic mass is 9.65. The summed E-state index contributed by atoms with van der Waals surface area (Å²) < 4.78 is 0. The van der Waals surface area contributed by atoms with Crippen LogP contribution in [-0.2, 0) is 0 Å². The highest BCUT2D eigenvalue weighted by molar-refractivity contribution is 4.86. The third-order valence-electron chi connectivity index (χ3n) is 3.62. The molecule has 0 bridgehead atoms. The molecule has 1 heteroatoms. The summed E-state index contributed by atoms with van der Waals surface area (Å²) in [6.45, 7) is 7.90. The van der Waals surface area contributed by atoms with Gasteiger partial charge in [-0.1, -0.05) is 27.2 Å². The molecule has 1 aliphatic carbocycles. The molecular formula is C10H21N. The molecular weight excluding hydrogens is 134 g/mol. The zero-order valence-corrected chi connectivity index (χ0v) is 8.06. The van der Waals surface area contributed by atoms with Gasteiger partial charge >= 0.3 is 0 Å². The van der Waals surface area contributed by atoms with Crippen LogP contribution in [0.2, 0.25) is 0 Å². The second-order valence-corrected chi connectivity index (χ2v) is 4.64. The lowest BCUT2D eigenvalue weighted by Crippen LogP contribution is -2.38. The fourth-order valence-electron chi connectivity index (χ4n) is 2.13. The van der Waals surface area contributed by atoms with Gasteiger partial charge in [-0.3, -0.25) is 0 Å². The lowest BCUT2D eigenvalue weighted by molar-refractivity contribution is 0.108. The molecule has 1 rings (SSSR count). The van der Waals surface area contributed by atoms with Gasteiger partial charge in [0.1, 0.15) is 0 Å². The summed E-state index contributed by atoms with van der Waals surface area (Å²) >= 11 is 0. The van der Waals surface area contributed by atoms with E-state index in [1.165, 1.54) is 19.3 Å². The van der Waals surface area contributed by atoms with Crippen LogP contribution in [0.4, 0.5) is 0 Å². The van der Waals surface area contributed by atoms with Crippen molar-refractivity contribution in [3.05, 3.63) is 0 Å². The monoisotopic (exact) mass is 155 g/mol. The van der Waals surface area contributed by atoms with E-state index in [1.807, 2.05) is 0 Å². The molecule has 0 unspecified atom stereocenters. The molecule has 1 saturated carbocycles. The SMILES string of the molecule is C[C@@H]1CC[C@@](C)(CN)[C@@H](C)C1. The van der Waals surface area contributed by atoms with Gasteiger partial charge in [-0.2, -0.15) is 0 Å². The molecule has 0 amide bonds. The third-order valence-corrected chi connectivity index (χ3v) is 3.62. The van der Waals surface area contributed by atoms with Crippen LogP contribution in [-0.4, -0.2) is 6.54 Å². The molecule has 11 heavy (non-hydrogen) atoms. The molecule has 1 fully saturated rings. The topological polar surface area (TPSA) is 26.0 Å². The fourth-order valence-corrected chi connectivity index (χ4v) is 2.13. The van der Waals surface area contributed by atoms with Crippen molar-refractivity contribution in [2.45, 2.75) is 40.0 Å². The van der Waals surface area contributed by atoms with Crippen LogP contribution in [0.25, 0.3) is 0 Å². The first kappa shape index (κ1) is 9.05. The molecule has 2 N–H and O–H groups in total. The Labute approximate surface area is 70.4 Å². The second-order valence-electron chi connectivity index (χ2n) is 4.64. The van der Waals surface area contributed by atoms with E-state index < -0.39 is 0 Å². The van der Waals surface area contributed by atoms with Crippen LogP contribution in [0.3, 0.4) is 0 Å². The molecule has 0 spiro atoms. The molecule has 0 aromatic heterocycles. The maximum Gasteiger partial charge on any atom is -0.00206 e. The average molecular weight is 155 g/mol. The lowest BCUT2D eigenvalue weighted by Gasteiger charge is -2.41. The van der Waals surface area contributed by atoms with Gasteiger partial charge in [-0.15, -0.1) is 0 Å². The van der Waals surface area contributed by atoms with Crippen molar-refractivity contribution in [2.24, 2.45) is 23.0 Å². The number of hydrogen-bond acceptors (Lipinski definition) is 1. The van der Waals surface area contributed by atoms with Crippen molar-refractivity contribution in [3.63, 3.8) is 0 Å². The van der Waals surface area contributed by atoms with E-state index in [1.54, 1.807) is 0 Å². The Kier molecular flexibility index (Phi) is 2.58. The molecule has 0 saturated heterocycles. The standard InChI is InChI=1S/C10H21N/c1-8-4-5-10(3,7-11)9(2)6-8/h8-9H,4-7,11H2,1-3H3/t8-,9+,10+/m1/s1. The molecule has 0 aromatic carbocycles. The summed E-state index contributed by atoms with van der Waals surface area (Å²) in [7, 11) is 0. The van der Waals surface area contributed by atoms with Gasteiger partial charge in [0.05, 0.1) is 0 Å². The Morgan fingerprint density at radius 2 is 2.09 bits per heavy atom. The van der Waals surface area contributed by atoms with Crippen LogP contribution in [0, 0.1) is 17.3 Å². The molecule has 0 heterocycles. The Hall–Kier alpha value is -0.0400. The zero-order chi connectivity index (χ0) is 8.48. The molecule has 0 aliphatic heterocycles. The van der Waals surface area contributed by atoms with E-state index in [9.17, 15) is 0 Å². The second kappa shape index (κ2) is 3.14. The Bertz CT molecular complexity index is 133. The highest BCUT2D eigenvalue weighted by Crippen LogP contribution is 2.41. The predicted octanol–water partition coefficient (Wildman–Crippen LogP) is 2.41. The average Bonchev–Trinajstić information content (AvgIpc) is 1.98. The maximum atomic E-state index is 5.77. The van der Waals surface area contributed by atoms with Crippen LogP contribution in [0.1, 0.15) is 40.0 Å². The normalized spacial score (nSPS) is 45.8. The first-order valence-electron chi connectivity index (χ1n) is 4.78. The first-order chi connectivity index (χ1) is 5.08. The van der Waals surface area contributed by atoms with E-state index in [0.29, 0.717) is 5.41 Å². The van der Waals surface area contributed by atoms with Gasteiger partial charge in [0, 0.05) is 0 Å². The summed E-state index contributed by atoms with van der Waals surface area (Å²) in [4.78, 5) is 0. The van der Waals surface area contributed by atoms with Crippen molar-refractivity contribution in [1.82, 2.24) is 0 Å². The van der Waals surface area contributed by atoms with Crippen LogP contribution < -0.4 is 5.73 Å². The van der Waals surface area contributed by atoms with Gasteiger partial charge in [-0.25, -0.2) is 0 Å². The molecule has 3 atom stereocenters. The minimum Gasteiger partial charge on any atom is -0.330 e. The first-order valence-corrected chi connectivity index (χ1v) is 4.78. The Balaban J connectivity index is 2.56. The van der Waals surface area contributed by atoms with Gasteiger partial charge in [0.2, 0.25) is 0 Å². The van der Waals surface area contributed by atoms with E-state index in [0.717, 1.165) is 18.4 Å². The summed E-state index contributed by atoms with van der Waals surface area (Å²) in [6, 6.07) is 0. The third kappa shape index (κ3) is 1.76. The van der Waals surface area contributed by atoms with Crippen molar-refractivity contribution in [1.29, 1.82) is 0 Å². The molecule has 0 radical (unpaired) electrons. The Morgan fingerprint density at radius 1 is 1.45 bits per heavy atom. The van der Waals surface area contributed by atoms with Crippen molar-refractivity contribution >= 4 is 0 Å². The Morgan fingerprint density at radius 3 is 2.55 bits per heavy atom. The highest BCUT2D eigenvalue weighted by Gasteiger charge is 2.34.